The highest BCUT2D eigenvalue weighted by molar-refractivity contribution is 7.89. The van der Waals surface area contributed by atoms with E-state index in [4.69, 9.17) is 11.6 Å². The Morgan fingerprint density at radius 3 is 2.34 bits per heavy atom. The molecule has 1 aliphatic heterocycles. The molecule has 1 saturated heterocycles. The average molecular weight is 501 g/mol. The van der Waals surface area contributed by atoms with Gasteiger partial charge in [-0.25, -0.2) is 22.2 Å². The van der Waals surface area contributed by atoms with Crippen LogP contribution in [0.1, 0.15) is 0 Å². The minimum Gasteiger partial charge on any atom is -0.345 e. The van der Waals surface area contributed by atoms with Crippen molar-refractivity contribution in [3.8, 4) is 11.3 Å². The summed E-state index contributed by atoms with van der Waals surface area (Å²) in [6, 6.07) is 6.55. The predicted octanol–water partition coefficient (Wildman–Crippen LogP) is 4.16. The van der Waals surface area contributed by atoms with Crippen LogP contribution in [0.4, 0.5) is 19.6 Å². The molecule has 0 spiro atoms. The summed E-state index contributed by atoms with van der Waals surface area (Å²) in [7, 11) is -3.94. The fourth-order valence-electron chi connectivity index (χ4n) is 3.31. The molecular weight excluding hydrogens is 486 g/mol. The minimum absolute atomic E-state index is 0.141. The summed E-state index contributed by atoms with van der Waals surface area (Å²) >= 11 is 7.06. The van der Waals surface area contributed by atoms with Gasteiger partial charge >= 0.3 is 0 Å². The molecule has 0 aliphatic carbocycles. The number of anilines is 1. The number of nitro benzene ring substituents is 1. The first-order chi connectivity index (χ1) is 15.1. The molecule has 3 aromatic rings. The molecule has 1 fully saturated rings. The molecule has 0 atom stereocenters. The molecule has 0 N–H and O–H groups in total. The quantitative estimate of drug-likeness (QED) is 0.385. The summed E-state index contributed by atoms with van der Waals surface area (Å²) in [6.45, 7) is 0.948. The van der Waals surface area contributed by atoms with E-state index < -0.39 is 32.3 Å². The van der Waals surface area contributed by atoms with E-state index in [0.29, 0.717) is 29.5 Å². The van der Waals surface area contributed by atoms with Gasteiger partial charge in [-0.1, -0.05) is 11.6 Å². The van der Waals surface area contributed by atoms with Gasteiger partial charge in [0.1, 0.15) is 16.7 Å². The standard InChI is InChI=1S/C19H15ClF2N4O4S2/c20-16-2-1-15(10-18(16)26(27)28)32(29,30)25-5-3-24(4-6-25)19-23-17(11-31-19)12-7-13(21)9-14(22)8-12/h1-2,7-11H,3-6H2. The lowest BCUT2D eigenvalue weighted by molar-refractivity contribution is -0.384. The smallest absolute Gasteiger partial charge is 0.289 e. The number of nitrogens with zero attached hydrogens (tertiary/aromatic N) is 4. The number of hydrogen-bond donors (Lipinski definition) is 0. The van der Waals surface area contributed by atoms with Crippen molar-refractivity contribution in [2.75, 3.05) is 31.1 Å². The first-order valence-electron chi connectivity index (χ1n) is 9.26. The van der Waals surface area contributed by atoms with Gasteiger partial charge in [0.25, 0.3) is 5.69 Å². The fraction of sp³-hybridized carbons (Fsp3) is 0.211. The molecule has 1 aliphatic rings. The van der Waals surface area contributed by atoms with Crippen LogP contribution < -0.4 is 4.90 Å². The highest BCUT2D eigenvalue weighted by atomic mass is 35.5. The molecule has 32 heavy (non-hydrogen) atoms. The zero-order chi connectivity index (χ0) is 23.0. The Balaban J connectivity index is 1.48. The van der Waals surface area contributed by atoms with Crippen LogP contribution >= 0.6 is 22.9 Å². The molecule has 168 valence electrons. The zero-order valence-electron chi connectivity index (χ0n) is 16.2. The number of hydrogen-bond acceptors (Lipinski definition) is 7. The Kier molecular flexibility index (Phi) is 6.12. The number of halogens is 3. The Morgan fingerprint density at radius 2 is 1.72 bits per heavy atom. The van der Waals surface area contributed by atoms with Crippen LogP contribution in [-0.2, 0) is 10.0 Å². The van der Waals surface area contributed by atoms with Crippen molar-refractivity contribution in [3.63, 3.8) is 0 Å². The van der Waals surface area contributed by atoms with Crippen molar-refractivity contribution >= 4 is 43.8 Å². The van der Waals surface area contributed by atoms with Gasteiger partial charge in [0, 0.05) is 49.3 Å². The molecule has 4 rings (SSSR count). The van der Waals surface area contributed by atoms with Crippen LogP contribution in [0.5, 0.6) is 0 Å². The highest BCUT2D eigenvalue weighted by Crippen LogP contribution is 2.31. The van der Waals surface area contributed by atoms with E-state index in [1.807, 2.05) is 4.90 Å². The Bertz CT molecular complexity index is 1270. The molecule has 0 saturated carbocycles. The van der Waals surface area contributed by atoms with E-state index in [9.17, 15) is 27.3 Å². The lowest BCUT2D eigenvalue weighted by Gasteiger charge is -2.33. The van der Waals surface area contributed by atoms with Gasteiger partial charge in [0.15, 0.2) is 5.13 Å². The van der Waals surface area contributed by atoms with E-state index >= 15 is 0 Å². The number of piperazine rings is 1. The molecule has 2 aromatic carbocycles. The highest BCUT2D eigenvalue weighted by Gasteiger charge is 2.31. The summed E-state index contributed by atoms with van der Waals surface area (Å²) in [4.78, 5) is 16.4. The van der Waals surface area contributed by atoms with Crippen LogP contribution in [0, 0.1) is 21.7 Å². The first kappa shape index (κ1) is 22.5. The van der Waals surface area contributed by atoms with Crippen LogP contribution in [0.15, 0.2) is 46.7 Å². The number of benzene rings is 2. The topological polar surface area (TPSA) is 96.6 Å². The summed E-state index contributed by atoms with van der Waals surface area (Å²) in [5.41, 5.74) is 0.262. The van der Waals surface area contributed by atoms with Crippen molar-refractivity contribution in [3.05, 3.63) is 68.5 Å². The SMILES string of the molecule is O=[N+]([O-])c1cc(S(=O)(=O)N2CCN(c3nc(-c4cc(F)cc(F)c4)cs3)CC2)ccc1Cl. The number of thiazole rings is 1. The van der Waals surface area contributed by atoms with Crippen LogP contribution in [0.2, 0.25) is 5.02 Å². The van der Waals surface area contributed by atoms with Crippen LogP contribution in [-0.4, -0.2) is 48.8 Å². The molecule has 1 aromatic heterocycles. The molecule has 2 heterocycles. The summed E-state index contributed by atoms with van der Waals surface area (Å²) in [5, 5.41) is 13.2. The van der Waals surface area contributed by atoms with Gasteiger partial charge < -0.3 is 4.90 Å². The van der Waals surface area contributed by atoms with E-state index in [1.54, 1.807) is 5.38 Å². The summed E-state index contributed by atoms with van der Waals surface area (Å²) in [6.07, 6.45) is 0. The lowest BCUT2D eigenvalue weighted by atomic mass is 10.1. The largest absolute Gasteiger partial charge is 0.345 e. The first-order valence-corrected chi connectivity index (χ1v) is 12.0. The second-order valence-electron chi connectivity index (χ2n) is 6.93. The van der Waals surface area contributed by atoms with Gasteiger partial charge in [-0.2, -0.15) is 4.31 Å². The maximum absolute atomic E-state index is 13.5. The Morgan fingerprint density at radius 1 is 1.06 bits per heavy atom. The van der Waals surface area contributed by atoms with Crippen molar-refractivity contribution in [2.24, 2.45) is 0 Å². The maximum Gasteiger partial charge on any atom is 0.289 e. The van der Waals surface area contributed by atoms with Crippen LogP contribution in [0.3, 0.4) is 0 Å². The van der Waals surface area contributed by atoms with Crippen molar-refractivity contribution in [1.82, 2.24) is 9.29 Å². The second-order valence-corrected chi connectivity index (χ2v) is 10.1. The number of aromatic nitrogens is 1. The molecule has 0 radical (unpaired) electrons. The van der Waals surface area contributed by atoms with E-state index in [0.717, 1.165) is 12.1 Å². The van der Waals surface area contributed by atoms with Crippen molar-refractivity contribution in [1.29, 1.82) is 0 Å². The van der Waals surface area contributed by atoms with Gasteiger partial charge in [0.05, 0.1) is 15.5 Å². The van der Waals surface area contributed by atoms with Crippen molar-refractivity contribution in [2.45, 2.75) is 4.90 Å². The van der Waals surface area contributed by atoms with Crippen molar-refractivity contribution < 1.29 is 22.1 Å². The third kappa shape index (κ3) is 4.44. The number of nitro groups is 1. The predicted molar refractivity (Wildman–Crippen MR) is 117 cm³/mol. The summed E-state index contributed by atoms with van der Waals surface area (Å²) in [5.74, 6) is -1.40. The van der Waals surface area contributed by atoms with Gasteiger partial charge in [0.2, 0.25) is 10.0 Å². The third-order valence-corrected chi connectivity index (χ3v) is 8.03. The molecule has 0 unspecified atom stereocenters. The monoisotopic (exact) mass is 500 g/mol. The lowest BCUT2D eigenvalue weighted by Crippen LogP contribution is -2.48. The van der Waals surface area contributed by atoms with E-state index in [-0.39, 0.29) is 23.0 Å². The van der Waals surface area contributed by atoms with E-state index in [2.05, 4.69) is 4.98 Å². The molecular formula is C19H15ClF2N4O4S2. The van der Waals surface area contributed by atoms with Gasteiger partial charge in [-0.05, 0) is 24.3 Å². The average Bonchev–Trinajstić information content (AvgIpc) is 3.23. The molecule has 13 heteroatoms. The second kappa shape index (κ2) is 8.70. The third-order valence-electron chi connectivity index (χ3n) is 4.91. The van der Waals surface area contributed by atoms with E-state index in [1.165, 1.54) is 39.9 Å². The number of rotatable bonds is 5. The normalized spacial score (nSPS) is 15.2. The maximum atomic E-state index is 13.5. The Labute approximate surface area is 190 Å². The number of sulfonamides is 1. The summed E-state index contributed by atoms with van der Waals surface area (Å²) < 4.78 is 54.1. The Hall–Kier alpha value is -2.67. The molecule has 0 amide bonds. The zero-order valence-corrected chi connectivity index (χ0v) is 18.6. The van der Waals surface area contributed by atoms with Gasteiger partial charge in [-0.3, -0.25) is 10.1 Å². The minimum atomic E-state index is -3.94. The molecule has 8 nitrogen and oxygen atoms in total. The van der Waals surface area contributed by atoms with Gasteiger partial charge in [-0.15, -0.1) is 11.3 Å². The molecule has 0 bridgehead atoms. The fourth-order valence-corrected chi connectivity index (χ4v) is 5.82. The van der Waals surface area contributed by atoms with Crippen LogP contribution in [0.25, 0.3) is 11.3 Å².